The topological polar surface area (TPSA) is 106 Å². The van der Waals surface area contributed by atoms with Crippen LogP contribution in [0.15, 0.2) is 47.1 Å². The van der Waals surface area contributed by atoms with E-state index in [1.165, 1.54) is 12.1 Å². The van der Waals surface area contributed by atoms with Gasteiger partial charge in [0.05, 0.1) is 17.6 Å². The maximum atomic E-state index is 12.5. The molecule has 0 aliphatic carbocycles. The monoisotopic (exact) mass is 451 g/mol. The minimum Gasteiger partial charge on any atom is -0.464 e. The van der Waals surface area contributed by atoms with Crippen LogP contribution in [0.25, 0.3) is 11.0 Å². The number of anilines is 1. The minimum absolute atomic E-state index is 0.0384. The second-order valence-electron chi connectivity index (χ2n) is 8.17. The number of nitro groups is 1. The lowest BCUT2D eigenvalue weighted by atomic mass is 10.0. The molecule has 0 N–H and O–H groups in total. The molecule has 9 nitrogen and oxygen atoms in total. The smallest absolute Gasteiger partial charge is 0.310 e. The molecule has 0 unspecified atom stereocenters. The van der Waals surface area contributed by atoms with Crippen molar-refractivity contribution in [1.29, 1.82) is 0 Å². The molecule has 9 heteroatoms. The van der Waals surface area contributed by atoms with Crippen LogP contribution in [0.2, 0.25) is 0 Å². The van der Waals surface area contributed by atoms with Gasteiger partial charge in [0, 0.05) is 54.9 Å². The number of nitrogens with zero attached hydrogens (tertiary/aromatic N) is 3. The van der Waals surface area contributed by atoms with Crippen molar-refractivity contribution in [2.75, 3.05) is 37.7 Å². The summed E-state index contributed by atoms with van der Waals surface area (Å²) in [6.07, 6.45) is 1.60. The Kier molecular flexibility index (Phi) is 6.30. The molecule has 2 heterocycles. The maximum absolute atomic E-state index is 12.5. The molecule has 1 aromatic heterocycles. The zero-order chi connectivity index (χ0) is 23.5. The number of carbonyl (C=O) groups is 2. The third-order valence-electron chi connectivity index (χ3n) is 6.02. The van der Waals surface area contributed by atoms with E-state index in [1.807, 2.05) is 26.0 Å². The summed E-state index contributed by atoms with van der Waals surface area (Å²) >= 11 is 0. The number of piperazine rings is 1. The lowest BCUT2D eigenvalue weighted by Crippen LogP contribution is -2.49. The molecule has 1 fully saturated rings. The molecule has 1 aliphatic heterocycles. The Morgan fingerprint density at radius 2 is 1.73 bits per heavy atom. The Morgan fingerprint density at radius 1 is 1.06 bits per heavy atom. The molecule has 4 rings (SSSR count). The molecule has 2 aromatic carbocycles. The highest BCUT2D eigenvalue weighted by molar-refractivity contribution is 5.87. The lowest BCUT2D eigenvalue weighted by Gasteiger charge is -2.36. The van der Waals surface area contributed by atoms with Crippen molar-refractivity contribution in [1.82, 2.24) is 4.90 Å². The quantitative estimate of drug-likeness (QED) is 0.321. The first-order valence-corrected chi connectivity index (χ1v) is 10.7. The minimum atomic E-state index is -0.478. The molecule has 0 radical (unpaired) electrons. The number of ether oxygens (including phenoxy) is 1. The fraction of sp³-hybridized carbons (Fsp3) is 0.333. The molecule has 0 bridgehead atoms. The molecule has 1 amide bonds. The zero-order valence-corrected chi connectivity index (χ0v) is 18.6. The molecule has 0 saturated carbocycles. The number of nitro benzene ring substituents is 1. The van der Waals surface area contributed by atoms with Gasteiger partial charge in [-0.25, -0.2) is 0 Å². The van der Waals surface area contributed by atoms with Gasteiger partial charge in [0.15, 0.2) is 6.61 Å². The number of fused-ring (bicyclic) bond motifs is 1. The number of esters is 1. The Morgan fingerprint density at radius 3 is 2.39 bits per heavy atom. The first-order chi connectivity index (χ1) is 15.8. The Balaban J connectivity index is 1.26. The van der Waals surface area contributed by atoms with Gasteiger partial charge in [-0.3, -0.25) is 19.7 Å². The summed E-state index contributed by atoms with van der Waals surface area (Å²) < 4.78 is 10.8. The van der Waals surface area contributed by atoms with Gasteiger partial charge in [0.25, 0.3) is 11.6 Å². The number of benzene rings is 2. The molecule has 1 aliphatic rings. The third-order valence-corrected chi connectivity index (χ3v) is 6.02. The van der Waals surface area contributed by atoms with Gasteiger partial charge in [0.2, 0.25) is 0 Å². The van der Waals surface area contributed by atoms with E-state index in [0.717, 1.165) is 33.3 Å². The van der Waals surface area contributed by atoms with Crippen LogP contribution < -0.4 is 4.90 Å². The summed E-state index contributed by atoms with van der Waals surface area (Å²) in [5, 5.41) is 11.7. The van der Waals surface area contributed by atoms with E-state index in [4.69, 9.17) is 9.15 Å². The van der Waals surface area contributed by atoms with Gasteiger partial charge in [-0.05, 0) is 49.2 Å². The molecule has 0 spiro atoms. The zero-order valence-electron chi connectivity index (χ0n) is 18.6. The molecule has 3 aromatic rings. The van der Waals surface area contributed by atoms with Crippen LogP contribution in [0, 0.1) is 24.0 Å². The predicted molar refractivity (Wildman–Crippen MR) is 122 cm³/mol. The van der Waals surface area contributed by atoms with Crippen LogP contribution in [0.5, 0.6) is 0 Å². The number of furan rings is 1. The standard InChI is InChI=1S/C24H25N3O6/c1-16-11-21-18(14-32-22(21)12-17(16)2)13-24(29)33-15-23(28)26-9-7-25(8-10-26)19-3-5-20(6-4-19)27(30)31/h3-6,11-12,14H,7-10,13,15H2,1-2H3. The number of aryl methyl sites for hydroxylation is 2. The number of carbonyl (C=O) groups excluding carboxylic acids is 2. The first kappa shape index (κ1) is 22.3. The van der Waals surface area contributed by atoms with E-state index in [9.17, 15) is 19.7 Å². The van der Waals surface area contributed by atoms with Crippen molar-refractivity contribution < 1.29 is 23.7 Å². The summed E-state index contributed by atoms with van der Waals surface area (Å²) in [4.78, 5) is 38.9. The van der Waals surface area contributed by atoms with Crippen LogP contribution in [0.4, 0.5) is 11.4 Å². The Bertz CT molecular complexity index is 1190. The summed E-state index contributed by atoms with van der Waals surface area (Å²) in [5.41, 5.74) is 4.61. The van der Waals surface area contributed by atoms with Crippen molar-refractivity contribution in [2.24, 2.45) is 0 Å². The molecule has 33 heavy (non-hydrogen) atoms. The molecule has 1 saturated heterocycles. The van der Waals surface area contributed by atoms with E-state index in [-0.39, 0.29) is 24.6 Å². The van der Waals surface area contributed by atoms with E-state index in [0.29, 0.717) is 26.2 Å². The van der Waals surface area contributed by atoms with E-state index < -0.39 is 10.9 Å². The van der Waals surface area contributed by atoms with E-state index in [1.54, 1.807) is 23.3 Å². The fourth-order valence-electron chi connectivity index (χ4n) is 3.91. The average Bonchev–Trinajstić information content (AvgIpc) is 3.19. The number of amides is 1. The third kappa shape index (κ3) is 4.97. The fourth-order valence-corrected chi connectivity index (χ4v) is 3.91. The van der Waals surface area contributed by atoms with Crippen molar-refractivity contribution in [3.8, 4) is 0 Å². The van der Waals surface area contributed by atoms with E-state index in [2.05, 4.69) is 4.90 Å². The van der Waals surface area contributed by atoms with Crippen molar-refractivity contribution in [3.63, 3.8) is 0 Å². The second-order valence-corrected chi connectivity index (χ2v) is 8.17. The van der Waals surface area contributed by atoms with Gasteiger partial charge < -0.3 is 19.0 Å². The summed E-state index contributed by atoms with van der Waals surface area (Å²) in [5.74, 6) is -0.719. The summed E-state index contributed by atoms with van der Waals surface area (Å²) in [6.45, 7) is 5.86. The van der Waals surface area contributed by atoms with Crippen molar-refractivity contribution in [3.05, 3.63) is 69.5 Å². The molecule has 0 atom stereocenters. The lowest BCUT2D eigenvalue weighted by molar-refractivity contribution is -0.384. The summed E-state index contributed by atoms with van der Waals surface area (Å²) in [6, 6.07) is 10.3. The molecular formula is C24H25N3O6. The maximum Gasteiger partial charge on any atom is 0.310 e. The van der Waals surface area contributed by atoms with Crippen molar-refractivity contribution in [2.45, 2.75) is 20.3 Å². The highest BCUT2D eigenvalue weighted by Crippen LogP contribution is 2.25. The average molecular weight is 451 g/mol. The summed E-state index contributed by atoms with van der Waals surface area (Å²) in [7, 11) is 0. The van der Waals surface area contributed by atoms with Gasteiger partial charge in [-0.1, -0.05) is 0 Å². The first-order valence-electron chi connectivity index (χ1n) is 10.7. The largest absolute Gasteiger partial charge is 0.464 e. The molecular weight excluding hydrogens is 426 g/mol. The number of rotatable bonds is 6. The van der Waals surface area contributed by atoms with Crippen LogP contribution in [0.1, 0.15) is 16.7 Å². The highest BCUT2D eigenvalue weighted by Gasteiger charge is 2.23. The van der Waals surface area contributed by atoms with Gasteiger partial charge in [-0.2, -0.15) is 0 Å². The van der Waals surface area contributed by atoms with Gasteiger partial charge >= 0.3 is 5.97 Å². The van der Waals surface area contributed by atoms with E-state index >= 15 is 0 Å². The number of hydrogen-bond acceptors (Lipinski definition) is 7. The Hall–Kier alpha value is -3.88. The Labute approximate surface area is 190 Å². The number of non-ortho nitro benzene ring substituents is 1. The van der Waals surface area contributed by atoms with Crippen LogP contribution in [0.3, 0.4) is 0 Å². The van der Waals surface area contributed by atoms with Gasteiger partial charge in [-0.15, -0.1) is 0 Å². The second kappa shape index (κ2) is 9.32. The van der Waals surface area contributed by atoms with Crippen LogP contribution in [-0.2, 0) is 20.7 Å². The SMILES string of the molecule is Cc1cc2occ(CC(=O)OCC(=O)N3CCN(c4ccc([N+](=O)[O-])cc4)CC3)c2cc1C. The van der Waals surface area contributed by atoms with Gasteiger partial charge in [0.1, 0.15) is 5.58 Å². The predicted octanol–water partition coefficient (Wildman–Crippen LogP) is 3.39. The number of hydrogen-bond donors (Lipinski definition) is 0. The van der Waals surface area contributed by atoms with Crippen molar-refractivity contribution >= 4 is 34.2 Å². The highest BCUT2D eigenvalue weighted by atomic mass is 16.6. The normalized spacial score (nSPS) is 13.9. The molecule has 172 valence electrons. The van der Waals surface area contributed by atoms with Crippen LogP contribution >= 0.6 is 0 Å². The van der Waals surface area contributed by atoms with Crippen LogP contribution in [-0.4, -0.2) is 54.5 Å².